The molecule has 3 heteroatoms. The highest BCUT2D eigenvalue weighted by molar-refractivity contribution is 5.87. The van der Waals surface area contributed by atoms with Crippen molar-refractivity contribution in [1.82, 2.24) is 0 Å². The smallest absolute Gasteiger partial charge is 0.139 e. The third kappa shape index (κ3) is 2.64. The highest BCUT2D eigenvalue weighted by Crippen LogP contribution is 2.66. The molecule has 3 nitrogen and oxygen atoms in total. The molecule has 142 valence electrons. The van der Waals surface area contributed by atoms with E-state index in [9.17, 15) is 9.90 Å². The molecule has 0 radical (unpaired) electrons. The molecule has 0 aromatic carbocycles. The van der Waals surface area contributed by atoms with Gasteiger partial charge in [-0.15, -0.1) is 0 Å². The van der Waals surface area contributed by atoms with Crippen LogP contribution in [0.25, 0.3) is 0 Å². The van der Waals surface area contributed by atoms with Crippen molar-refractivity contribution in [2.45, 2.75) is 84.2 Å². The minimum atomic E-state index is -0.612. The fraction of sp³-hybridized carbons (Fsp3) is 0.955. The number of hydrogen-bond donors (Lipinski definition) is 1. The number of ketones is 1. The zero-order valence-corrected chi connectivity index (χ0v) is 16.4. The van der Waals surface area contributed by atoms with Crippen LogP contribution in [0.15, 0.2) is 0 Å². The number of ether oxygens (including phenoxy) is 1. The Labute approximate surface area is 152 Å². The second-order valence-electron chi connectivity index (χ2n) is 10.1. The van der Waals surface area contributed by atoms with Gasteiger partial charge in [0.15, 0.2) is 0 Å². The van der Waals surface area contributed by atoms with Crippen LogP contribution < -0.4 is 0 Å². The Kier molecular flexibility index (Phi) is 4.35. The zero-order valence-electron chi connectivity index (χ0n) is 16.4. The number of hydrogen-bond acceptors (Lipinski definition) is 3. The average molecular weight is 349 g/mol. The molecule has 4 aliphatic rings. The molecule has 0 amide bonds. The van der Waals surface area contributed by atoms with Crippen LogP contribution in [0.2, 0.25) is 0 Å². The highest BCUT2D eigenvalue weighted by atomic mass is 16.5. The van der Waals surface area contributed by atoms with Gasteiger partial charge in [-0.05, 0) is 87.4 Å². The number of fused-ring (bicyclic) bond motifs is 5. The van der Waals surface area contributed by atoms with Crippen molar-refractivity contribution in [3.05, 3.63) is 0 Å². The van der Waals surface area contributed by atoms with E-state index in [0.29, 0.717) is 36.2 Å². The predicted octanol–water partition coefficient (Wildman–Crippen LogP) is 4.37. The topological polar surface area (TPSA) is 46.5 Å². The van der Waals surface area contributed by atoms with Gasteiger partial charge in [0.1, 0.15) is 5.78 Å². The Morgan fingerprint density at radius 2 is 1.88 bits per heavy atom. The summed E-state index contributed by atoms with van der Waals surface area (Å²) in [7, 11) is 0. The lowest BCUT2D eigenvalue weighted by molar-refractivity contribution is -0.164. The van der Waals surface area contributed by atoms with Gasteiger partial charge in [0.05, 0.1) is 12.2 Å². The lowest BCUT2D eigenvalue weighted by Gasteiger charge is -2.61. The van der Waals surface area contributed by atoms with E-state index in [2.05, 4.69) is 13.8 Å². The van der Waals surface area contributed by atoms with Gasteiger partial charge in [0.2, 0.25) is 0 Å². The maximum Gasteiger partial charge on any atom is 0.139 e. The lowest BCUT2D eigenvalue weighted by atomic mass is 9.44. The van der Waals surface area contributed by atoms with Gasteiger partial charge in [-0.3, -0.25) is 4.79 Å². The van der Waals surface area contributed by atoms with E-state index >= 15 is 0 Å². The summed E-state index contributed by atoms with van der Waals surface area (Å²) < 4.78 is 5.59. The van der Waals surface area contributed by atoms with Crippen LogP contribution in [0.4, 0.5) is 0 Å². The van der Waals surface area contributed by atoms with Crippen molar-refractivity contribution < 1.29 is 14.6 Å². The van der Waals surface area contributed by atoms with E-state index in [1.807, 2.05) is 6.92 Å². The molecule has 0 saturated heterocycles. The fourth-order valence-corrected chi connectivity index (χ4v) is 7.52. The molecule has 1 N–H and O–H groups in total. The summed E-state index contributed by atoms with van der Waals surface area (Å²) in [6, 6.07) is 0. The normalized spacial score (nSPS) is 52.4. The van der Waals surface area contributed by atoms with Crippen LogP contribution >= 0.6 is 0 Å². The van der Waals surface area contributed by atoms with Gasteiger partial charge in [0.25, 0.3) is 0 Å². The Morgan fingerprint density at radius 1 is 1.08 bits per heavy atom. The minimum Gasteiger partial charge on any atom is -0.387 e. The molecule has 0 aliphatic heterocycles. The van der Waals surface area contributed by atoms with Gasteiger partial charge in [0, 0.05) is 18.4 Å². The molecule has 25 heavy (non-hydrogen) atoms. The second kappa shape index (κ2) is 6.05. The minimum absolute atomic E-state index is 0.0191. The first-order valence-corrected chi connectivity index (χ1v) is 10.7. The standard InChI is InChI=1S/C22H36O3/c1-4-25-14-22(24)12-11-20(2)15(13-22)5-6-16-17-7-8-19(23)21(17,3)10-9-18(16)20/h15-18,24H,4-14H2,1-3H3/t15-,16+,17+,18+,20+,21+,22-/m1/s1. The molecule has 0 aromatic heterocycles. The number of carbonyl (C=O) groups excluding carboxylic acids is 1. The molecule has 4 aliphatic carbocycles. The number of carbonyl (C=O) groups is 1. The number of rotatable bonds is 3. The van der Waals surface area contributed by atoms with E-state index < -0.39 is 5.60 Å². The Hall–Kier alpha value is -0.410. The van der Waals surface area contributed by atoms with Crippen LogP contribution in [0.5, 0.6) is 0 Å². The number of aliphatic hydroxyl groups is 1. The summed E-state index contributed by atoms with van der Waals surface area (Å²) in [6.07, 6.45) is 9.68. The summed E-state index contributed by atoms with van der Waals surface area (Å²) in [4.78, 5) is 12.5. The molecular weight excluding hydrogens is 312 g/mol. The van der Waals surface area contributed by atoms with E-state index in [0.717, 1.165) is 50.4 Å². The van der Waals surface area contributed by atoms with E-state index in [4.69, 9.17) is 4.74 Å². The zero-order chi connectivity index (χ0) is 17.9. The quantitative estimate of drug-likeness (QED) is 0.824. The molecule has 7 atom stereocenters. The molecule has 0 unspecified atom stereocenters. The third-order valence-corrected chi connectivity index (χ3v) is 9.10. The summed E-state index contributed by atoms with van der Waals surface area (Å²) >= 11 is 0. The maximum atomic E-state index is 12.5. The van der Waals surface area contributed by atoms with Crippen LogP contribution in [0.1, 0.15) is 78.6 Å². The Morgan fingerprint density at radius 3 is 2.64 bits per heavy atom. The van der Waals surface area contributed by atoms with E-state index in [1.54, 1.807) is 0 Å². The monoisotopic (exact) mass is 348 g/mol. The fourth-order valence-electron chi connectivity index (χ4n) is 7.52. The van der Waals surface area contributed by atoms with Crippen LogP contribution in [-0.4, -0.2) is 29.7 Å². The Bertz CT molecular complexity index is 545. The highest BCUT2D eigenvalue weighted by Gasteiger charge is 2.61. The van der Waals surface area contributed by atoms with Gasteiger partial charge in [-0.1, -0.05) is 13.8 Å². The van der Waals surface area contributed by atoms with Crippen molar-refractivity contribution in [2.24, 2.45) is 34.5 Å². The van der Waals surface area contributed by atoms with Crippen LogP contribution in [-0.2, 0) is 9.53 Å². The van der Waals surface area contributed by atoms with Crippen molar-refractivity contribution in [2.75, 3.05) is 13.2 Å². The van der Waals surface area contributed by atoms with Gasteiger partial charge < -0.3 is 9.84 Å². The van der Waals surface area contributed by atoms with E-state index in [-0.39, 0.29) is 5.41 Å². The molecule has 0 spiro atoms. The average Bonchev–Trinajstić information content (AvgIpc) is 2.89. The van der Waals surface area contributed by atoms with E-state index in [1.165, 1.54) is 19.3 Å². The molecule has 0 heterocycles. The SMILES string of the molecule is CCOC[C@@]1(O)CC[C@@]2(C)[C@H](CC[C@@H]3[C@@H]2CC[C@]2(C)C(=O)CC[C@@H]32)C1. The summed E-state index contributed by atoms with van der Waals surface area (Å²) in [5, 5.41) is 11.0. The molecule has 0 aromatic rings. The first kappa shape index (κ1) is 18.0. The van der Waals surface area contributed by atoms with Gasteiger partial charge in [-0.2, -0.15) is 0 Å². The molecule has 4 fully saturated rings. The largest absolute Gasteiger partial charge is 0.387 e. The van der Waals surface area contributed by atoms with Crippen LogP contribution in [0, 0.1) is 34.5 Å². The first-order valence-electron chi connectivity index (χ1n) is 10.7. The second-order valence-corrected chi connectivity index (χ2v) is 10.1. The van der Waals surface area contributed by atoms with Crippen molar-refractivity contribution in [3.8, 4) is 0 Å². The molecular formula is C22H36O3. The van der Waals surface area contributed by atoms with Crippen molar-refractivity contribution >= 4 is 5.78 Å². The molecule has 4 rings (SSSR count). The summed E-state index contributed by atoms with van der Waals surface area (Å²) in [5.41, 5.74) is -0.275. The predicted molar refractivity (Wildman–Crippen MR) is 98.2 cm³/mol. The van der Waals surface area contributed by atoms with Crippen molar-refractivity contribution in [1.29, 1.82) is 0 Å². The summed E-state index contributed by atoms with van der Waals surface area (Å²) in [6.45, 7) is 7.96. The number of Topliss-reactive ketones (excluding diaryl/α,β-unsaturated/α-hetero) is 1. The van der Waals surface area contributed by atoms with Crippen molar-refractivity contribution in [3.63, 3.8) is 0 Å². The van der Waals surface area contributed by atoms with Gasteiger partial charge in [-0.25, -0.2) is 0 Å². The maximum absolute atomic E-state index is 12.5. The molecule has 4 saturated carbocycles. The Balaban J connectivity index is 1.54. The molecule has 0 bridgehead atoms. The van der Waals surface area contributed by atoms with Crippen LogP contribution in [0.3, 0.4) is 0 Å². The lowest BCUT2D eigenvalue weighted by Crippen LogP contribution is -2.56. The first-order chi connectivity index (χ1) is 11.8. The van der Waals surface area contributed by atoms with Gasteiger partial charge >= 0.3 is 0 Å². The third-order valence-electron chi connectivity index (χ3n) is 9.10. The summed E-state index contributed by atoms with van der Waals surface area (Å²) in [5.74, 6) is 3.28.